The molecule has 174 valence electrons. The van der Waals surface area contributed by atoms with Gasteiger partial charge in [0.25, 0.3) is 0 Å². The molecule has 0 spiro atoms. The Labute approximate surface area is 195 Å². The van der Waals surface area contributed by atoms with Crippen LogP contribution in [0.25, 0.3) is 0 Å². The number of rotatable bonds is 9. The minimum atomic E-state index is -0.171. The number of carbonyl (C=O) groups excluding carboxylic acids is 2. The van der Waals surface area contributed by atoms with E-state index < -0.39 is 0 Å². The van der Waals surface area contributed by atoms with Crippen molar-refractivity contribution in [3.63, 3.8) is 0 Å². The average Bonchev–Trinajstić information content (AvgIpc) is 3.28. The fourth-order valence-corrected chi connectivity index (χ4v) is 4.91. The molecule has 1 aromatic carbocycles. The summed E-state index contributed by atoms with van der Waals surface area (Å²) in [5, 5.41) is 5.01. The molecular weight excluding hydrogens is 422 g/mol. The molecule has 0 unspecified atom stereocenters. The summed E-state index contributed by atoms with van der Waals surface area (Å²) in [5.41, 5.74) is 2.23. The highest BCUT2D eigenvalue weighted by Gasteiger charge is 2.34. The van der Waals surface area contributed by atoms with E-state index in [4.69, 9.17) is 4.74 Å². The van der Waals surface area contributed by atoms with Gasteiger partial charge in [-0.1, -0.05) is 32.0 Å². The van der Waals surface area contributed by atoms with E-state index in [1.807, 2.05) is 56.9 Å². The topological polar surface area (TPSA) is 61.9 Å². The lowest BCUT2D eigenvalue weighted by molar-refractivity contribution is -0.135. The zero-order valence-corrected chi connectivity index (χ0v) is 20.4. The van der Waals surface area contributed by atoms with Crippen molar-refractivity contribution in [1.29, 1.82) is 0 Å². The second kappa shape index (κ2) is 11.4. The van der Waals surface area contributed by atoms with Crippen molar-refractivity contribution in [2.45, 2.75) is 59.0 Å². The number of benzene rings is 1. The van der Waals surface area contributed by atoms with Crippen LogP contribution in [0.3, 0.4) is 0 Å². The van der Waals surface area contributed by atoms with E-state index in [1.165, 1.54) is 4.88 Å². The summed E-state index contributed by atoms with van der Waals surface area (Å²) in [4.78, 5) is 31.1. The van der Waals surface area contributed by atoms with Gasteiger partial charge in [-0.15, -0.1) is 11.3 Å². The minimum Gasteiger partial charge on any atom is -0.491 e. The van der Waals surface area contributed by atoms with Crippen molar-refractivity contribution in [2.24, 2.45) is 0 Å². The number of amides is 3. The van der Waals surface area contributed by atoms with Crippen LogP contribution in [0.4, 0.5) is 4.79 Å². The molecule has 2 atom stereocenters. The van der Waals surface area contributed by atoms with Crippen molar-refractivity contribution < 1.29 is 14.3 Å². The molecule has 0 aliphatic carbocycles. The zero-order valence-electron chi connectivity index (χ0n) is 19.6. The lowest BCUT2D eigenvalue weighted by atomic mass is 10.00. The Bertz CT molecular complexity index is 913. The minimum absolute atomic E-state index is 0.0148. The average molecular weight is 458 g/mol. The summed E-state index contributed by atoms with van der Waals surface area (Å²) in [6.45, 7) is 9.78. The number of aryl methyl sites for hydroxylation is 1. The summed E-state index contributed by atoms with van der Waals surface area (Å²) in [6, 6.07) is 9.69. The van der Waals surface area contributed by atoms with Crippen molar-refractivity contribution in [3.8, 4) is 5.75 Å². The number of carbonyl (C=O) groups is 2. The predicted molar refractivity (Wildman–Crippen MR) is 129 cm³/mol. The van der Waals surface area contributed by atoms with E-state index in [9.17, 15) is 9.59 Å². The van der Waals surface area contributed by atoms with E-state index >= 15 is 0 Å². The van der Waals surface area contributed by atoms with Crippen molar-refractivity contribution >= 4 is 23.3 Å². The number of thiophene rings is 1. The van der Waals surface area contributed by atoms with Crippen LogP contribution in [-0.4, -0.2) is 54.0 Å². The first-order valence-corrected chi connectivity index (χ1v) is 12.4. The van der Waals surface area contributed by atoms with Crippen LogP contribution in [0.15, 0.2) is 35.7 Å². The summed E-state index contributed by atoms with van der Waals surface area (Å²) in [5.74, 6) is 0.801. The first-order chi connectivity index (χ1) is 15.5. The van der Waals surface area contributed by atoms with E-state index in [2.05, 4.69) is 16.8 Å². The van der Waals surface area contributed by atoms with Gasteiger partial charge in [0, 0.05) is 24.0 Å². The SMILES string of the molecule is CCCNC(=O)N(CC(=O)N1CCc2sccc2[C@@H]1COc1ccccc1C)[C@H](C)CC. The number of nitrogens with one attached hydrogen (secondary N) is 1. The second-order valence-corrected chi connectivity index (χ2v) is 9.35. The molecule has 1 aromatic heterocycles. The van der Waals surface area contributed by atoms with Crippen molar-refractivity contribution in [2.75, 3.05) is 26.2 Å². The maximum absolute atomic E-state index is 13.5. The number of nitrogens with zero attached hydrogens (tertiary/aromatic N) is 2. The summed E-state index contributed by atoms with van der Waals surface area (Å²) in [7, 11) is 0. The third-order valence-electron chi connectivity index (χ3n) is 6.12. The lowest BCUT2D eigenvalue weighted by Crippen LogP contribution is -2.52. The Morgan fingerprint density at radius 1 is 1.28 bits per heavy atom. The lowest BCUT2D eigenvalue weighted by Gasteiger charge is -2.38. The molecule has 1 aliphatic rings. The summed E-state index contributed by atoms with van der Waals surface area (Å²) in [6.07, 6.45) is 2.49. The number of para-hydroxylation sites is 1. The first kappa shape index (κ1) is 24.1. The number of fused-ring (bicyclic) bond motifs is 1. The third kappa shape index (κ3) is 5.63. The van der Waals surface area contributed by atoms with Crippen LogP contribution < -0.4 is 10.1 Å². The second-order valence-electron chi connectivity index (χ2n) is 8.35. The van der Waals surface area contributed by atoms with Gasteiger partial charge in [0.05, 0.1) is 6.04 Å². The van der Waals surface area contributed by atoms with Gasteiger partial charge in [0.2, 0.25) is 5.91 Å². The van der Waals surface area contributed by atoms with Crippen molar-refractivity contribution in [3.05, 3.63) is 51.7 Å². The molecule has 3 rings (SSSR count). The Morgan fingerprint density at radius 3 is 2.78 bits per heavy atom. The van der Waals surface area contributed by atoms with E-state index in [1.54, 1.807) is 16.2 Å². The molecular formula is C25H35N3O3S. The molecule has 0 bridgehead atoms. The largest absolute Gasteiger partial charge is 0.491 e. The highest BCUT2D eigenvalue weighted by Crippen LogP contribution is 2.34. The molecule has 1 N–H and O–H groups in total. The van der Waals surface area contributed by atoms with Crippen LogP contribution in [0.2, 0.25) is 0 Å². The van der Waals surface area contributed by atoms with Gasteiger partial charge < -0.3 is 19.9 Å². The van der Waals surface area contributed by atoms with Gasteiger partial charge in [0.15, 0.2) is 0 Å². The number of hydrogen-bond acceptors (Lipinski definition) is 4. The van der Waals surface area contributed by atoms with E-state index in [0.29, 0.717) is 19.7 Å². The predicted octanol–water partition coefficient (Wildman–Crippen LogP) is 4.78. The highest BCUT2D eigenvalue weighted by atomic mass is 32.1. The quantitative estimate of drug-likeness (QED) is 0.589. The van der Waals surface area contributed by atoms with E-state index in [-0.39, 0.29) is 30.6 Å². The van der Waals surface area contributed by atoms with Crippen LogP contribution in [0.5, 0.6) is 5.75 Å². The Morgan fingerprint density at radius 2 is 2.06 bits per heavy atom. The van der Waals surface area contributed by atoms with Gasteiger partial charge in [-0.25, -0.2) is 4.79 Å². The molecule has 32 heavy (non-hydrogen) atoms. The fourth-order valence-electron chi connectivity index (χ4n) is 3.98. The first-order valence-electron chi connectivity index (χ1n) is 11.5. The van der Waals surface area contributed by atoms with Gasteiger partial charge in [-0.05, 0) is 61.7 Å². The number of urea groups is 1. The van der Waals surface area contributed by atoms with Gasteiger partial charge in [0.1, 0.15) is 18.9 Å². The monoisotopic (exact) mass is 457 g/mol. The Balaban J connectivity index is 1.77. The molecule has 0 saturated carbocycles. The fraction of sp³-hybridized carbons (Fsp3) is 0.520. The number of hydrogen-bond donors (Lipinski definition) is 1. The number of ether oxygens (including phenoxy) is 1. The summed E-state index contributed by atoms with van der Waals surface area (Å²) < 4.78 is 6.17. The zero-order chi connectivity index (χ0) is 23.1. The van der Waals surface area contributed by atoms with Gasteiger partial charge >= 0.3 is 6.03 Å². The molecule has 0 saturated heterocycles. The third-order valence-corrected chi connectivity index (χ3v) is 7.12. The maximum Gasteiger partial charge on any atom is 0.318 e. The Hall–Kier alpha value is -2.54. The van der Waals surface area contributed by atoms with Gasteiger partial charge in [-0.2, -0.15) is 0 Å². The molecule has 2 heterocycles. The molecule has 7 heteroatoms. The highest BCUT2D eigenvalue weighted by molar-refractivity contribution is 7.10. The normalized spacial score (nSPS) is 16.2. The Kier molecular flexibility index (Phi) is 8.56. The molecule has 1 aliphatic heterocycles. The molecule has 3 amide bonds. The summed E-state index contributed by atoms with van der Waals surface area (Å²) >= 11 is 1.74. The van der Waals surface area contributed by atoms with Crippen LogP contribution in [-0.2, 0) is 11.2 Å². The smallest absolute Gasteiger partial charge is 0.318 e. The van der Waals surface area contributed by atoms with Gasteiger partial charge in [-0.3, -0.25) is 4.79 Å². The van der Waals surface area contributed by atoms with Crippen molar-refractivity contribution in [1.82, 2.24) is 15.1 Å². The molecule has 0 fully saturated rings. The van der Waals surface area contributed by atoms with E-state index in [0.717, 1.165) is 36.1 Å². The molecule has 6 nitrogen and oxygen atoms in total. The molecule has 2 aromatic rings. The molecule has 0 radical (unpaired) electrons. The van der Waals surface area contributed by atoms with Crippen LogP contribution in [0, 0.1) is 6.92 Å². The maximum atomic E-state index is 13.5. The van der Waals surface area contributed by atoms with Crippen LogP contribution in [0.1, 0.15) is 55.7 Å². The van der Waals surface area contributed by atoms with Crippen LogP contribution >= 0.6 is 11.3 Å². The standard InChI is InChI=1S/C25H35N3O3S/c1-5-13-26-25(30)28(19(4)6-2)16-24(29)27-14-11-23-20(12-15-32-23)21(27)17-31-22-10-8-7-9-18(22)3/h7-10,12,15,19,21H,5-6,11,13-14,16-17H2,1-4H3,(H,26,30)/t19-,21+/m1/s1.